The van der Waals surface area contributed by atoms with Crippen molar-refractivity contribution in [2.45, 2.75) is 39.7 Å². The third kappa shape index (κ3) is 1.44. The van der Waals surface area contributed by atoms with Crippen molar-refractivity contribution in [3.8, 4) is 5.75 Å². The van der Waals surface area contributed by atoms with Gasteiger partial charge in [-0.3, -0.25) is 0 Å². The SMILES string of the molecule is Cc1cc(O)c(C2C(N)C2(C)C)cc1C. The summed E-state index contributed by atoms with van der Waals surface area (Å²) in [6.45, 7) is 8.38. The summed E-state index contributed by atoms with van der Waals surface area (Å²) < 4.78 is 0. The highest BCUT2D eigenvalue weighted by Crippen LogP contribution is 2.59. The van der Waals surface area contributed by atoms with Crippen LogP contribution in [0.3, 0.4) is 0 Å². The Morgan fingerprint density at radius 3 is 2.13 bits per heavy atom. The summed E-state index contributed by atoms with van der Waals surface area (Å²) in [5.74, 6) is 0.695. The molecule has 0 bridgehead atoms. The first-order valence-electron chi connectivity index (χ1n) is 5.41. The maximum atomic E-state index is 9.92. The van der Waals surface area contributed by atoms with Crippen molar-refractivity contribution in [3.63, 3.8) is 0 Å². The second kappa shape index (κ2) is 2.99. The lowest BCUT2D eigenvalue weighted by Gasteiger charge is -2.09. The van der Waals surface area contributed by atoms with Crippen molar-refractivity contribution in [1.29, 1.82) is 0 Å². The Kier molecular flexibility index (Phi) is 2.09. The smallest absolute Gasteiger partial charge is 0.119 e. The van der Waals surface area contributed by atoms with Gasteiger partial charge >= 0.3 is 0 Å². The van der Waals surface area contributed by atoms with E-state index in [0.29, 0.717) is 11.7 Å². The van der Waals surface area contributed by atoms with Crippen molar-refractivity contribution >= 4 is 0 Å². The highest BCUT2D eigenvalue weighted by Gasteiger charge is 2.57. The monoisotopic (exact) mass is 205 g/mol. The van der Waals surface area contributed by atoms with Gasteiger partial charge in [0, 0.05) is 12.0 Å². The summed E-state index contributed by atoms with van der Waals surface area (Å²) in [6.07, 6.45) is 0. The lowest BCUT2D eigenvalue weighted by Crippen LogP contribution is -2.06. The van der Waals surface area contributed by atoms with Gasteiger partial charge in [0.2, 0.25) is 0 Å². The highest BCUT2D eigenvalue weighted by molar-refractivity contribution is 5.48. The average Bonchev–Trinajstić information content (AvgIpc) is 2.60. The van der Waals surface area contributed by atoms with Crippen LogP contribution >= 0.6 is 0 Å². The van der Waals surface area contributed by atoms with Crippen LogP contribution < -0.4 is 5.73 Å². The van der Waals surface area contributed by atoms with Crippen LogP contribution in [0.4, 0.5) is 0 Å². The summed E-state index contributed by atoms with van der Waals surface area (Å²) in [5.41, 5.74) is 9.50. The molecule has 0 radical (unpaired) electrons. The van der Waals surface area contributed by atoms with Gasteiger partial charge in [-0.2, -0.15) is 0 Å². The van der Waals surface area contributed by atoms with Crippen LogP contribution in [0.15, 0.2) is 12.1 Å². The lowest BCUT2D eigenvalue weighted by molar-refractivity contribution is 0.463. The maximum Gasteiger partial charge on any atom is 0.119 e. The molecule has 2 nitrogen and oxygen atoms in total. The zero-order valence-electron chi connectivity index (χ0n) is 9.83. The summed E-state index contributed by atoms with van der Waals surface area (Å²) in [5, 5.41) is 9.92. The number of benzene rings is 1. The van der Waals surface area contributed by atoms with Gasteiger partial charge in [0.15, 0.2) is 0 Å². The van der Waals surface area contributed by atoms with Crippen LogP contribution in [0.5, 0.6) is 5.75 Å². The average molecular weight is 205 g/mol. The quantitative estimate of drug-likeness (QED) is 0.739. The van der Waals surface area contributed by atoms with Crippen molar-refractivity contribution in [2.75, 3.05) is 0 Å². The lowest BCUT2D eigenvalue weighted by atomic mass is 9.98. The number of aryl methyl sites for hydroxylation is 2. The van der Waals surface area contributed by atoms with Gasteiger partial charge in [0.05, 0.1) is 0 Å². The zero-order chi connectivity index (χ0) is 11.4. The minimum absolute atomic E-state index is 0.124. The van der Waals surface area contributed by atoms with E-state index >= 15 is 0 Å². The first kappa shape index (κ1) is 10.5. The van der Waals surface area contributed by atoms with Gasteiger partial charge in [-0.15, -0.1) is 0 Å². The fourth-order valence-electron chi connectivity index (χ4n) is 2.34. The Bertz CT molecular complexity index is 409. The normalized spacial score (nSPS) is 27.8. The number of hydrogen-bond donors (Lipinski definition) is 2. The molecule has 15 heavy (non-hydrogen) atoms. The fourth-order valence-corrected chi connectivity index (χ4v) is 2.34. The number of aromatic hydroxyl groups is 1. The van der Waals surface area contributed by atoms with Crippen molar-refractivity contribution in [2.24, 2.45) is 11.1 Å². The Morgan fingerprint density at radius 2 is 1.67 bits per heavy atom. The van der Waals surface area contributed by atoms with Crippen LogP contribution in [0.25, 0.3) is 0 Å². The molecular formula is C13H19NO. The Morgan fingerprint density at radius 1 is 1.20 bits per heavy atom. The molecule has 1 saturated carbocycles. The molecule has 1 fully saturated rings. The van der Waals surface area contributed by atoms with E-state index in [-0.39, 0.29) is 11.5 Å². The predicted octanol–water partition coefficient (Wildman–Crippen LogP) is 2.46. The molecule has 2 atom stereocenters. The largest absolute Gasteiger partial charge is 0.508 e. The molecule has 1 aliphatic carbocycles. The van der Waals surface area contributed by atoms with Crippen LogP contribution in [0, 0.1) is 19.3 Å². The maximum absolute atomic E-state index is 9.92. The minimum Gasteiger partial charge on any atom is -0.508 e. The molecule has 1 aromatic rings. The zero-order valence-corrected chi connectivity index (χ0v) is 9.83. The van der Waals surface area contributed by atoms with Crippen LogP contribution in [-0.2, 0) is 0 Å². The number of rotatable bonds is 1. The molecule has 0 heterocycles. The summed E-state index contributed by atoms with van der Waals surface area (Å²) in [7, 11) is 0. The molecule has 2 heteroatoms. The van der Waals surface area contributed by atoms with Gasteiger partial charge in [0.1, 0.15) is 5.75 Å². The van der Waals surface area contributed by atoms with Gasteiger partial charge in [0.25, 0.3) is 0 Å². The van der Waals surface area contributed by atoms with E-state index in [4.69, 9.17) is 5.73 Å². The third-order valence-electron chi connectivity index (χ3n) is 3.89. The Hall–Kier alpha value is -1.02. The highest BCUT2D eigenvalue weighted by atomic mass is 16.3. The Labute approximate surface area is 91.1 Å². The van der Waals surface area contributed by atoms with Gasteiger partial charge in [-0.25, -0.2) is 0 Å². The van der Waals surface area contributed by atoms with Crippen molar-refractivity contribution in [3.05, 3.63) is 28.8 Å². The van der Waals surface area contributed by atoms with E-state index in [2.05, 4.69) is 26.8 Å². The van der Waals surface area contributed by atoms with Crippen molar-refractivity contribution < 1.29 is 5.11 Å². The topological polar surface area (TPSA) is 46.2 Å². The molecule has 0 saturated heterocycles. The molecule has 0 aromatic heterocycles. The summed E-state index contributed by atoms with van der Waals surface area (Å²) >= 11 is 0. The first-order chi connectivity index (χ1) is 6.85. The van der Waals surface area contributed by atoms with E-state index in [0.717, 1.165) is 11.1 Å². The second-order valence-corrected chi connectivity index (χ2v) is 5.32. The first-order valence-corrected chi connectivity index (χ1v) is 5.41. The molecule has 1 aliphatic rings. The molecule has 0 aliphatic heterocycles. The molecule has 0 spiro atoms. The van der Waals surface area contributed by atoms with E-state index in [1.807, 2.05) is 13.0 Å². The van der Waals surface area contributed by atoms with Crippen molar-refractivity contribution in [1.82, 2.24) is 0 Å². The molecule has 1 aromatic carbocycles. The molecular weight excluding hydrogens is 186 g/mol. The van der Waals surface area contributed by atoms with E-state index in [1.54, 1.807) is 0 Å². The van der Waals surface area contributed by atoms with Gasteiger partial charge < -0.3 is 10.8 Å². The second-order valence-electron chi connectivity index (χ2n) is 5.32. The molecule has 2 unspecified atom stereocenters. The molecule has 2 rings (SSSR count). The fraction of sp³-hybridized carbons (Fsp3) is 0.538. The number of phenolic OH excluding ortho intramolecular Hbond substituents is 1. The van der Waals surface area contributed by atoms with Crippen LogP contribution in [0.2, 0.25) is 0 Å². The number of nitrogens with two attached hydrogens (primary N) is 1. The molecule has 3 N–H and O–H groups in total. The molecule has 82 valence electrons. The number of hydrogen-bond acceptors (Lipinski definition) is 2. The molecule has 0 amide bonds. The van der Waals surface area contributed by atoms with Crippen LogP contribution in [-0.4, -0.2) is 11.1 Å². The van der Waals surface area contributed by atoms with E-state index in [9.17, 15) is 5.11 Å². The predicted molar refractivity (Wildman–Crippen MR) is 62.1 cm³/mol. The minimum atomic E-state index is 0.124. The Balaban J connectivity index is 2.43. The van der Waals surface area contributed by atoms with E-state index < -0.39 is 0 Å². The van der Waals surface area contributed by atoms with Gasteiger partial charge in [-0.1, -0.05) is 19.9 Å². The summed E-state index contributed by atoms with van der Waals surface area (Å²) in [6, 6.07) is 4.08. The summed E-state index contributed by atoms with van der Waals surface area (Å²) in [4.78, 5) is 0. The van der Waals surface area contributed by atoms with Crippen LogP contribution in [0.1, 0.15) is 36.5 Å². The van der Waals surface area contributed by atoms with Gasteiger partial charge in [-0.05, 0) is 42.0 Å². The van der Waals surface area contributed by atoms with E-state index in [1.165, 1.54) is 5.56 Å². The third-order valence-corrected chi connectivity index (χ3v) is 3.89. The standard InChI is InChI=1S/C13H19NO/c1-7-5-9(10(15)6-8(7)2)11-12(14)13(11,3)4/h5-6,11-12,15H,14H2,1-4H3. The number of phenols is 1.